The molecule has 0 bridgehead atoms. The number of Topliss-reactive ketones (excluding diaryl/α,β-unsaturated/α-hetero) is 1. The van der Waals surface area contributed by atoms with Gasteiger partial charge in [0, 0.05) is 25.8 Å². The molecule has 1 aliphatic rings. The normalized spacial score (nSPS) is 17.7. The highest BCUT2D eigenvalue weighted by Gasteiger charge is 2.46. The number of nitrogens with zero attached hydrogens (tertiary/aromatic N) is 1. The number of hydrogen-bond acceptors (Lipinski definition) is 6. The summed E-state index contributed by atoms with van der Waals surface area (Å²) in [4.78, 5) is 27.6. The van der Waals surface area contributed by atoms with Crippen LogP contribution in [-0.2, 0) is 14.3 Å². The number of aliphatic hydroxyl groups excluding tert-OH is 1. The summed E-state index contributed by atoms with van der Waals surface area (Å²) in [7, 11) is 4.64. The molecular formula is C25H29NO6. The average molecular weight is 440 g/mol. The van der Waals surface area contributed by atoms with E-state index in [9.17, 15) is 14.7 Å². The lowest BCUT2D eigenvalue weighted by molar-refractivity contribution is -0.140. The Morgan fingerprint density at radius 2 is 1.72 bits per heavy atom. The van der Waals surface area contributed by atoms with Gasteiger partial charge in [0.2, 0.25) is 0 Å². The maximum atomic E-state index is 13.1. The third-order valence-corrected chi connectivity index (χ3v) is 5.66. The fraction of sp³-hybridized carbons (Fsp3) is 0.360. The maximum Gasteiger partial charge on any atom is 0.295 e. The van der Waals surface area contributed by atoms with Gasteiger partial charge in [0.05, 0.1) is 25.8 Å². The third kappa shape index (κ3) is 4.34. The Morgan fingerprint density at radius 3 is 2.38 bits per heavy atom. The Hall–Kier alpha value is -3.32. The molecule has 1 atom stereocenters. The Kier molecular flexibility index (Phi) is 7.20. The summed E-state index contributed by atoms with van der Waals surface area (Å²) < 4.78 is 15.9. The van der Waals surface area contributed by atoms with Crippen molar-refractivity contribution in [1.29, 1.82) is 0 Å². The Labute approximate surface area is 188 Å². The summed E-state index contributed by atoms with van der Waals surface area (Å²) >= 11 is 0. The van der Waals surface area contributed by atoms with E-state index in [0.29, 0.717) is 42.2 Å². The first-order chi connectivity index (χ1) is 15.3. The van der Waals surface area contributed by atoms with Crippen LogP contribution in [0.2, 0.25) is 0 Å². The first kappa shape index (κ1) is 23.3. The number of carbonyl (C=O) groups excluding carboxylic acids is 2. The van der Waals surface area contributed by atoms with Gasteiger partial charge in [-0.1, -0.05) is 23.8 Å². The lowest BCUT2D eigenvalue weighted by atomic mass is 9.93. The topological polar surface area (TPSA) is 85.3 Å². The van der Waals surface area contributed by atoms with Gasteiger partial charge in [0.1, 0.15) is 5.76 Å². The monoisotopic (exact) mass is 439 g/mol. The predicted octanol–water partition coefficient (Wildman–Crippen LogP) is 3.78. The minimum Gasteiger partial charge on any atom is -0.507 e. The van der Waals surface area contributed by atoms with Gasteiger partial charge in [-0.05, 0) is 49.6 Å². The molecule has 1 fully saturated rings. The molecular weight excluding hydrogens is 410 g/mol. The van der Waals surface area contributed by atoms with Gasteiger partial charge in [-0.3, -0.25) is 9.59 Å². The van der Waals surface area contributed by atoms with Gasteiger partial charge >= 0.3 is 0 Å². The standard InChI is InChI=1S/C25H29NO6/c1-15-7-8-16(2)18(13-15)23(27)21-22(17-9-10-19(31-4)20(14-17)32-5)26(11-6-12-30-3)25(29)24(21)28/h7-10,13-14,22,27H,6,11-12H2,1-5H3/t22-/m0/s1. The van der Waals surface area contributed by atoms with Gasteiger partial charge in [0.15, 0.2) is 11.5 Å². The van der Waals surface area contributed by atoms with Gasteiger partial charge in [0.25, 0.3) is 11.7 Å². The number of benzene rings is 2. The molecule has 1 amide bonds. The summed E-state index contributed by atoms with van der Waals surface area (Å²) in [5.41, 5.74) is 2.99. The van der Waals surface area contributed by atoms with Crippen molar-refractivity contribution in [1.82, 2.24) is 4.90 Å². The molecule has 1 saturated heterocycles. The molecule has 1 aliphatic heterocycles. The van der Waals surface area contributed by atoms with Crippen molar-refractivity contribution in [3.63, 3.8) is 0 Å². The molecule has 0 saturated carbocycles. The molecule has 170 valence electrons. The summed E-state index contributed by atoms with van der Waals surface area (Å²) in [6, 6.07) is 10.1. The first-order valence-electron chi connectivity index (χ1n) is 10.4. The van der Waals surface area contributed by atoms with Gasteiger partial charge in [-0.25, -0.2) is 0 Å². The molecule has 2 aromatic rings. The minimum absolute atomic E-state index is 0.0633. The predicted molar refractivity (Wildman–Crippen MR) is 121 cm³/mol. The largest absolute Gasteiger partial charge is 0.507 e. The molecule has 0 aliphatic carbocycles. The van der Waals surface area contributed by atoms with Crippen LogP contribution in [0.5, 0.6) is 11.5 Å². The van der Waals surface area contributed by atoms with Crippen molar-refractivity contribution in [2.24, 2.45) is 0 Å². The van der Waals surface area contributed by atoms with Gasteiger partial charge in [-0.15, -0.1) is 0 Å². The molecule has 2 aromatic carbocycles. The molecule has 32 heavy (non-hydrogen) atoms. The van der Waals surface area contributed by atoms with E-state index >= 15 is 0 Å². The number of rotatable bonds is 8. The lowest BCUT2D eigenvalue weighted by Crippen LogP contribution is -2.31. The number of carbonyl (C=O) groups is 2. The number of ether oxygens (including phenoxy) is 3. The van der Waals surface area contributed by atoms with Crippen molar-refractivity contribution in [3.05, 3.63) is 64.2 Å². The summed E-state index contributed by atoms with van der Waals surface area (Å²) in [5.74, 6) is -0.534. The van der Waals surface area contributed by atoms with Crippen molar-refractivity contribution in [3.8, 4) is 11.5 Å². The SMILES string of the molecule is COCCCN1C(=O)C(=O)C(=C(O)c2cc(C)ccc2C)[C@@H]1c1ccc(OC)c(OC)c1. The van der Waals surface area contributed by atoms with E-state index in [2.05, 4.69) is 0 Å². The van der Waals surface area contributed by atoms with E-state index < -0.39 is 17.7 Å². The fourth-order valence-corrected chi connectivity index (χ4v) is 4.00. The number of methoxy groups -OCH3 is 3. The van der Waals surface area contributed by atoms with Crippen LogP contribution in [0.1, 0.15) is 34.7 Å². The van der Waals surface area contributed by atoms with E-state index in [1.54, 1.807) is 25.3 Å². The third-order valence-electron chi connectivity index (χ3n) is 5.66. The fourth-order valence-electron chi connectivity index (χ4n) is 4.00. The molecule has 0 radical (unpaired) electrons. The zero-order chi connectivity index (χ0) is 23.4. The smallest absolute Gasteiger partial charge is 0.295 e. The first-order valence-corrected chi connectivity index (χ1v) is 10.4. The molecule has 0 spiro atoms. The van der Waals surface area contributed by atoms with E-state index in [1.165, 1.54) is 19.1 Å². The molecule has 0 unspecified atom stereocenters. The number of likely N-dealkylation sites (tertiary alicyclic amines) is 1. The van der Waals surface area contributed by atoms with E-state index in [0.717, 1.165) is 11.1 Å². The summed E-state index contributed by atoms with van der Waals surface area (Å²) in [6.07, 6.45) is 0.552. The summed E-state index contributed by atoms with van der Waals surface area (Å²) in [5, 5.41) is 11.3. The van der Waals surface area contributed by atoms with Gasteiger partial charge < -0.3 is 24.2 Å². The maximum absolute atomic E-state index is 13.1. The van der Waals surface area contributed by atoms with Crippen LogP contribution < -0.4 is 9.47 Å². The van der Waals surface area contributed by atoms with Crippen LogP contribution in [0.4, 0.5) is 0 Å². The molecule has 3 rings (SSSR count). The van der Waals surface area contributed by atoms with Crippen LogP contribution >= 0.6 is 0 Å². The van der Waals surface area contributed by atoms with Crippen LogP contribution in [0, 0.1) is 13.8 Å². The summed E-state index contributed by atoms with van der Waals surface area (Å²) in [6.45, 7) is 4.51. The van der Waals surface area contributed by atoms with Crippen molar-refractivity contribution in [2.45, 2.75) is 26.3 Å². The van der Waals surface area contributed by atoms with E-state index in [-0.39, 0.29) is 11.3 Å². The molecule has 1 N–H and O–H groups in total. The number of aliphatic hydroxyl groups is 1. The Balaban J connectivity index is 2.21. The van der Waals surface area contributed by atoms with Crippen LogP contribution in [0.15, 0.2) is 42.0 Å². The second-order valence-electron chi connectivity index (χ2n) is 7.77. The highest BCUT2D eigenvalue weighted by atomic mass is 16.5. The zero-order valence-corrected chi connectivity index (χ0v) is 19.1. The zero-order valence-electron chi connectivity index (χ0n) is 19.1. The second-order valence-corrected chi connectivity index (χ2v) is 7.77. The number of aryl methyl sites for hydroxylation is 2. The quantitative estimate of drug-likeness (QED) is 0.292. The number of amides is 1. The average Bonchev–Trinajstić information content (AvgIpc) is 3.04. The van der Waals surface area contributed by atoms with E-state index in [1.807, 2.05) is 32.0 Å². The molecule has 0 aromatic heterocycles. The van der Waals surface area contributed by atoms with Crippen molar-refractivity contribution >= 4 is 17.4 Å². The van der Waals surface area contributed by atoms with Crippen LogP contribution in [-0.4, -0.2) is 56.2 Å². The highest BCUT2D eigenvalue weighted by molar-refractivity contribution is 6.46. The van der Waals surface area contributed by atoms with Crippen molar-refractivity contribution in [2.75, 3.05) is 34.5 Å². The lowest BCUT2D eigenvalue weighted by Gasteiger charge is -2.26. The van der Waals surface area contributed by atoms with Crippen LogP contribution in [0.3, 0.4) is 0 Å². The minimum atomic E-state index is -0.758. The van der Waals surface area contributed by atoms with Crippen molar-refractivity contribution < 1.29 is 28.9 Å². The number of hydrogen-bond donors (Lipinski definition) is 1. The highest BCUT2D eigenvalue weighted by Crippen LogP contribution is 2.42. The molecule has 7 heteroatoms. The number of ketones is 1. The Morgan fingerprint density at radius 1 is 1.00 bits per heavy atom. The second kappa shape index (κ2) is 9.87. The molecule has 1 heterocycles. The van der Waals surface area contributed by atoms with Gasteiger partial charge in [-0.2, -0.15) is 0 Å². The van der Waals surface area contributed by atoms with E-state index in [4.69, 9.17) is 14.2 Å². The molecule has 7 nitrogen and oxygen atoms in total. The van der Waals surface area contributed by atoms with Crippen LogP contribution in [0.25, 0.3) is 5.76 Å². The Bertz CT molecular complexity index is 1060.